The van der Waals surface area contributed by atoms with Crippen molar-refractivity contribution < 1.29 is 27.6 Å². The van der Waals surface area contributed by atoms with Crippen LogP contribution in [0.2, 0.25) is 0 Å². The van der Waals surface area contributed by atoms with Gasteiger partial charge in [0.15, 0.2) is 6.61 Å². The molecule has 1 aromatic carbocycles. The van der Waals surface area contributed by atoms with Crippen molar-refractivity contribution in [2.45, 2.75) is 49.5 Å². The Hall–Kier alpha value is -1.97. The number of esters is 1. The molecule has 1 heterocycles. The van der Waals surface area contributed by atoms with Gasteiger partial charge in [0.05, 0.1) is 17.6 Å². The molecule has 2 atom stereocenters. The van der Waals surface area contributed by atoms with Crippen molar-refractivity contribution in [1.82, 2.24) is 9.37 Å². The van der Waals surface area contributed by atoms with Crippen LogP contribution in [0.1, 0.15) is 48.9 Å². The molecule has 0 spiro atoms. The second-order valence-electron chi connectivity index (χ2n) is 7.54. The summed E-state index contributed by atoms with van der Waals surface area (Å²) in [5.74, 6) is -0.359. The van der Waals surface area contributed by atoms with Gasteiger partial charge >= 0.3 is 5.97 Å². The molecule has 1 aliphatic carbocycles. The number of carbonyl (C=O) groups is 2. The van der Waals surface area contributed by atoms with E-state index in [2.05, 4.69) is 0 Å². The number of fused-ring (bicyclic) bond motifs is 1. The van der Waals surface area contributed by atoms with Crippen LogP contribution in [0.5, 0.6) is 0 Å². The highest BCUT2D eigenvalue weighted by Gasteiger charge is 2.35. The maximum atomic E-state index is 12.7. The van der Waals surface area contributed by atoms with E-state index in [4.69, 9.17) is 9.57 Å². The second-order valence-corrected chi connectivity index (χ2v) is 9.48. The quantitative estimate of drug-likeness (QED) is 0.513. The third kappa shape index (κ3) is 4.79. The Kier molecular flexibility index (Phi) is 6.92. The fraction of sp³-hybridized carbons (Fsp3) is 0.600. The van der Waals surface area contributed by atoms with E-state index in [0.29, 0.717) is 16.9 Å². The smallest absolute Gasteiger partial charge is 0.338 e. The number of hydrogen-bond donors (Lipinski definition) is 0. The number of carbonyl (C=O) groups excluding carboxylic acids is 2. The van der Waals surface area contributed by atoms with E-state index < -0.39 is 16.0 Å². The number of benzene rings is 1. The lowest BCUT2D eigenvalue weighted by molar-refractivity contribution is -0.140. The number of hydrogen-bond acceptors (Lipinski definition) is 6. The van der Waals surface area contributed by atoms with Crippen LogP contribution in [0.15, 0.2) is 29.2 Å². The molecule has 9 heteroatoms. The number of amides is 1. The first kappa shape index (κ1) is 21.7. The van der Waals surface area contributed by atoms with Crippen molar-refractivity contribution in [2.24, 2.45) is 5.92 Å². The standard InChI is InChI=1S/C20H28N2O6S/c1-21(27-2)29(25,26)17-10-5-8-16(13-17)20(24)28-14-19(23)22-12-6-9-15-7-3-4-11-18(15)22/h5,8,10,13,15,18H,3-4,6-7,9,11-12,14H2,1-2H3/t15-,18+/m1/s1. The van der Waals surface area contributed by atoms with Gasteiger partial charge in [-0.15, -0.1) is 0 Å². The van der Waals surface area contributed by atoms with Crippen LogP contribution in [0.3, 0.4) is 0 Å². The molecule has 0 bridgehead atoms. The maximum Gasteiger partial charge on any atom is 0.338 e. The molecule has 0 unspecified atom stereocenters. The Morgan fingerprint density at radius 3 is 2.66 bits per heavy atom. The van der Waals surface area contributed by atoms with Gasteiger partial charge in [-0.2, -0.15) is 0 Å². The van der Waals surface area contributed by atoms with Crippen molar-refractivity contribution in [3.8, 4) is 0 Å². The van der Waals surface area contributed by atoms with Crippen LogP contribution in [0.4, 0.5) is 0 Å². The minimum absolute atomic E-state index is 0.0672. The minimum atomic E-state index is -3.88. The van der Waals surface area contributed by atoms with Gasteiger partial charge in [0.1, 0.15) is 0 Å². The summed E-state index contributed by atoms with van der Waals surface area (Å²) in [6.45, 7) is 0.367. The first-order valence-electron chi connectivity index (χ1n) is 9.94. The van der Waals surface area contributed by atoms with Crippen LogP contribution in [-0.2, 0) is 24.4 Å². The minimum Gasteiger partial charge on any atom is -0.452 e. The van der Waals surface area contributed by atoms with E-state index in [9.17, 15) is 18.0 Å². The Morgan fingerprint density at radius 2 is 1.90 bits per heavy atom. The third-order valence-corrected chi connectivity index (χ3v) is 7.53. The van der Waals surface area contributed by atoms with Gasteiger partial charge in [0.25, 0.3) is 15.9 Å². The topological polar surface area (TPSA) is 93.2 Å². The predicted octanol–water partition coefficient (Wildman–Crippen LogP) is 2.21. The van der Waals surface area contributed by atoms with Crippen LogP contribution in [-0.4, -0.2) is 63.0 Å². The molecule has 1 aromatic rings. The van der Waals surface area contributed by atoms with Crippen LogP contribution in [0.25, 0.3) is 0 Å². The molecular weight excluding hydrogens is 396 g/mol. The molecule has 2 aliphatic rings. The summed E-state index contributed by atoms with van der Waals surface area (Å²) in [6.07, 6.45) is 6.65. The molecule has 0 aromatic heterocycles. The summed E-state index contributed by atoms with van der Waals surface area (Å²) >= 11 is 0. The highest BCUT2D eigenvalue weighted by molar-refractivity contribution is 7.89. The third-order valence-electron chi connectivity index (χ3n) is 5.85. The Labute approximate surface area is 171 Å². The second kappa shape index (κ2) is 9.23. The van der Waals surface area contributed by atoms with Crippen LogP contribution in [0, 0.1) is 5.92 Å². The fourth-order valence-electron chi connectivity index (χ4n) is 4.26. The zero-order valence-electron chi connectivity index (χ0n) is 16.9. The number of likely N-dealkylation sites (tertiary alicyclic amines) is 1. The molecule has 1 saturated heterocycles. The molecule has 1 amide bonds. The van der Waals surface area contributed by atoms with Gasteiger partial charge < -0.3 is 9.64 Å². The van der Waals surface area contributed by atoms with Gasteiger partial charge in [-0.3, -0.25) is 9.63 Å². The molecule has 29 heavy (non-hydrogen) atoms. The summed E-state index contributed by atoms with van der Waals surface area (Å²) in [5.41, 5.74) is 0.0672. The van der Waals surface area contributed by atoms with E-state index in [1.807, 2.05) is 4.90 Å². The molecule has 0 radical (unpaired) electrons. The summed E-state index contributed by atoms with van der Waals surface area (Å²) in [7, 11) is -1.38. The van der Waals surface area contributed by atoms with E-state index in [1.165, 1.54) is 44.8 Å². The number of nitrogens with zero attached hydrogens (tertiary/aromatic N) is 2. The lowest BCUT2D eigenvalue weighted by Gasteiger charge is -2.44. The zero-order valence-corrected chi connectivity index (χ0v) is 17.7. The first-order valence-corrected chi connectivity index (χ1v) is 11.4. The highest BCUT2D eigenvalue weighted by atomic mass is 32.2. The number of rotatable bonds is 6. The maximum absolute atomic E-state index is 12.7. The van der Waals surface area contributed by atoms with E-state index in [-0.39, 0.29) is 29.0 Å². The molecule has 1 saturated carbocycles. The highest BCUT2D eigenvalue weighted by Crippen LogP contribution is 2.35. The lowest BCUT2D eigenvalue weighted by atomic mass is 9.78. The van der Waals surface area contributed by atoms with Gasteiger partial charge in [-0.05, 0) is 49.8 Å². The molecule has 3 rings (SSSR count). The normalized spacial score (nSPS) is 22.2. The molecule has 160 valence electrons. The van der Waals surface area contributed by atoms with Gasteiger partial charge in [-0.25, -0.2) is 13.2 Å². The molecule has 2 fully saturated rings. The molecule has 8 nitrogen and oxygen atoms in total. The van der Waals surface area contributed by atoms with Gasteiger partial charge in [0, 0.05) is 19.6 Å². The number of sulfonamides is 1. The van der Waals surface area contributed by atoms with E-state index in [1.54, 1.807) is 0 Å². The largest absolute Gasteiger partial charge is 0.452 e. The Bertz CT molecular complexity index is 854. The van der Waals surface area contributed by atoms with Crippen molar-refractivity contribution in [1.29, 1.82) is 0 Å². The SMILES string of the molecule is CON(C)S(=O)(=O)c1cccc(C(=O)OCC(=O)N2CCC[C@H]3CCCC[C@@H]32)c1. The van der Waals surface area contributed by atoms with Gasteiger partial charge in [-0.1, -0.05) is 23.4 Å². The van der Waals surface area contributed by atoms with Crippen molar-refractivity contribution >= 4 is 21.9 Å². The number of hydroxylamine groups is 1. The Morgan fingerprint density at radius 1 is 1.17 bits per heavy atom. The van der Waals surface area contributed by atoms with Crippen molar-refractivity contribution in [3.63, 3.8) is 0 Å². The van der Waals surface area contributed by atoms with Gasteiger partial charge in [0.2, 0.25) is 0 Å². The Balaban J connectivity index is 1.63. The zero-order chi connectivity index (χ0) is 21.0. The summed E-state index contributed by atoms with van der Waals surface area (Å²) in [6, 6.07) is 5.74. The molecule has 0 N–H and O–H groups in total. The summed E-state index contributed by atoms with van der Waals surface area (Å²) in [5, 5.41) is 0. The fourth-order valence-corrected chi connectivity index (χ4v) is 5.28. The summed E-state index contributed by atoms with van der Waals surface area (Å²) < 4.78 is 30.6. The molecule has 1 aliphatic heterocycles. The predicted molar refractivity (Wildman–Crippen MR) is 105 cm³/mol. The van der Waals surface area contributed by atoms with Crippen LogP contribution >= 0.6 is 0 Å². The number of piperidine rings is 1. The molecular formula is C20H28N2O6S. The van der Waals surface area contributed by atoms with Crippen molar-refractivity contribution in [2.75, 3.05) is 27.3 Å². The first-order chi connectivity index (χ1) is 13.8. The van der Waals surface area contributed by atoms with Crippen LogP contribution < -0.4 is 0 Å². The van der Waals surface area contributed by atoms with E-state index in [0.717, 1.165) is 32.1 Å². The lowest BCUT2D eigenvalue weighted by Crippen LogP contribution is -2.50. The summed E-state index contributed by atoms with van der Waals surface area (Å²) in [4.78, 5) is 31.6. The van der Waals surface area contributed by atoms with E-state index >= 15 is 0 Å². The average Bonchev–Trinajstić information content (AvgIpc) is 2.76. The van der Waals surface area contributed by atoms with Crippen molar-refractivity contribution in [3.05, 3.63) is 29.8 Å². The number of ether oxygens (including phenoxy) is 1. The average molecular weight is 425 g/mol. The monoisotopic (exact) mass is 424 g/mol.